The van der Waals surface area contributed by atoms with Crippen LogP contribution in [0.2, 0.25) is 5.02 Å². The molecule has 148 valence electrons. The van der Waals surface area contributed by atoms with Gasteiger partial charge in [-0.15, -0.1) is 0 Å². The lowest BCUT2D eigenvalue weighted by atomic mass is 9.98. The highest BCUT2D eigenvalue weighted by molar-refractivity contribution is 6.30. The van der Waals surface area contributed by atoms with E-state index in [1.165, 1.54) is 36.4 Å². The van der Waals surface area contributed by atoms with Gasteiger partial charge in [0.25, 0.3) is 5.91 Å². The van der Waals surface area contributed by atoms with Crippen LogP contribution < -0.4 is 15.4 Å². The predicted molar refractivity (Wildman–Crippen MR) is 92.7 cm³/mol. The fourth-order valence-corrected chi connectivity index (χ4v) is 2.85. The summed E-state index contributed by atoms with van der Waals surface area (Å²) in [6.45, 7) is -2.97. The summed E-state index contributed by atoms with van der Waals surface area (Å²) in [5.74, 6) is -1.28. The molecule has 2 aromatic rings. The van der Waals surface area contributed by atoms with Gasteiger partial charge >= 0.3 is 12.7 Å². The minimum atomic E-state index is -2.97. The summed E-state index contributed by atoms with van der Waals surface area (Å²) >= 11 is 5.84. The number of halogens is 4. The van der Waals surface area contributed by atoms with Gasteiger partial charge in [0.15, 0.2) is 6.10 Å². The number of alkyl halides is 2. The van der Waals surface area contributed by atoms with Gasteiger partial charge in [-0.2, -0.15) is 8.78 Å². The third-order valence-corrected chi connectivity index (χ3v) is 4.27. The average molecular weight is 415 g/mol. The molecule has 2 amide bonds. The van der Waals surface area contributed by atoms with Crippen molar-refractivity contribution in [3.05, 3.63) is 64.4 Å². The van der Waals surface area contributed by atoms with Crippen molar-refractivity contribution in [1.82, 2.24) is 10.6 Å². The molecular weight excluding hydrogens is 401 g/mol. The Bertz CT molecular complexity index is 880. The zero-order valence-electron chi connectivity index (χ0n) is 14.1. The Balaban J connectivity index is 1.88. The second-order valence-electron chi connectivity index (χ2n) is 5.84. The largest absolute Gasteiger partial charge is 0.435 e. The number of carbonyl (C=O) groups excluding carboxylic acids is 2. The van der Waals surface area contributed by atoms with Crippen LogP contribution in [-0.2, 0) is 9.53 Å². The first-order chi connectivity index (χ1) is 13.3. The van der Waals surface area contributed by atoms with Crippen molar-refractivity contribution in [3.63, 3.8) is 0 Å². The third-order valence-electron chi connectivity index (χ3n) is 3.98. The number of hydrogen-bond donors (Lipinski definition) is 2. The fourth-order valence-electron chi connectivity index (χ4n) is 2.66. The molecule has 2 N–H and O–H groups in total. The van der Waals surface area contributed by atoms with Crippen LogP contribution in [0.4, 0.5) is 18.0 Å². The Morgan fingerprint density at radius 1 is 1.21 bits per heavy atom. The van der Waals surface area contributed by atoms with Crippen LogP contribution in [0.3, 0.4) is 0 Å². The zero-order valence-corrected chi connectivity index (χ0v) is 14.9. The van der Waals surface area contributed by atoms with Crippen molar-refractivity contribution >= 4 is 23.6 Å². The number of carbonyl (C=O) groups is 2. The maximum atomic E-state index is 13.5. The number of alkyl carbamates (subject to hydrolysis) is 1. The van der Waals surface area contributed by atoms with Gasteiger partial charge in [0.1, 0.15) is 11.6 Å². The molecule has 0 spiro atoms. The van der Waals surface area contributed by atoms with E-state index in [4.69, 9.17) is 16.3 Å². The molecule has 3 rings (SSSR count). The Morgan fingerprint density at radius 3 is 2.46 bits per heavy atom. The molecule has 1 fully saturated rings. The van der Waals surface area contributed by atoms with Gasteiger partial charge in [0.2, 0.25) is 0 Å². The summed E-state index contributed by atoms with van der Waals surface area (Å²) in [6.07, 6.45) is -1.75. The lowest BCUT2D eigenvalue weighted by Crippen LogP contribution is -2.39. The van der Waals surface area contributed by atoms with Gasteiger partial charge in [-0.05, 0) is 35.4 Å². The average Bonchev–Trinajstić information content (AvgIpc) is 3.09. The Hall–Kier alpha value is -2.94. The van der Waals surface area contributed by atoms with Crippen LogP contribution in [0.25, 0.3) is 0 Å². The van der Waals surface area contributed by atoms with E-state index in [1.54, 1.807) is 0 Å². The van der Waals surface area contributed by atoms with Crippen LogP contribution in [0.1, 0.15) is 17.2 Å². The smallest absolute Gasteiger partial charge is 0.408 e. The Labute approximate surface area is 162 Å². The lowest BCUT2D eigenvalue weighted by Gasteiger charge is -2.22. The van der Waals surface area contributed by atoms with Gasteiger partial charge in [0.05, 0.1) is 17.6 Å². The van der Waals surface area contributed by atoms with E-state index >= 15 is 0 Å². The molecule has 1 aliphatic heterocycles. The number of cyclic esters (lactones) is 1. The molecule has 2 aromatic carbocycles. The molecule has 0 bridgehead atoms. The van der Waals surface area contributed by atoms with Gasteiger partial charge in [-0.1, -0.05) is 29.8 Å². The van der Waals surface area contributed by atoms with Gasteiger partial charge in [0, 0.05) is 0 Å². The van der Waals surface area contributed by atoms with Crippen LogP contribution in [0.15, 0.2) is 42.5 Å². The molecular formula is C18H14ClF3N2O4. The highest BCUT2D eigenvalue weighted by atomic mass is 35.5. The quantitative estimate of drug-likeness (QED) is 0.759. The maximum absolute atomic E-state index is 13.5. The molecule has 1 unspecified atom stereocenters. The normalized spacial score (nSPS) is 17.0. The van der Waals surface area contributed by atoms with Gasteiger partial charge < -0.3 is 20.1 Å². The van der Waals surface area contributed by atoms with Crippen molar-refractivity contribution in [3.8, 4) is 5.75 Å². The fraction of sp³-hybridized carbons (Fsp3) is 0.222. The number of ether oxygens (including phenoxy) is 2. The van der Waals surface area contributed by atoms with E-state index in [0.717, 1.165) is 6.07 Å². The topological polar surface area (TPSA) is 76.7 Å². The van der Waals surface area contributed by atoms with Crippen molar-refractivity contribution in [2.45, 2.75) is 18.8 Å². The summed E-state index contributed by atoms with van der Waals surface area (Å²) in [6, 6.07) is 8.66. The van der Waals surface area contributed by atoms with Crippen molar-refractivity contribution in [1.29, 1.82) is 0 Å². The molecule has 28 heavy (non-hydrogen) atoms. The lowest BCUT2D eigenvalue weighted by molar-refractivity contribution is -0.128. The van der Waals surface area contributed by atoms with E-state index in [9.17, 15) is 22.8 Å². The molecule has 6 nitrogen and oxygen atoms in total. The molecule has 1 aliphatic rings. The standard InChI is InChI=1S/C18H14ClF3N2O4/c19-12-7-10(3-6-13(12)20)15(24-16(25)14-8-23-18(26)28-14)9-1-4-11(5-2-9)27-17(21)22/h1-7,14-15,17H,8H2,(H,23,26)(H,24,25)/t14?,15-/m0/s1. The molecule has 1 saturated heterocycles. The molecule has 0 aliphatic carbocycles. The van der Waals surface area contributed by atoms with Crippen molar-refractivity contribution in [2.24, 2.45) is 0 Å². The summed E-state index contributed by atoms with van der Waals surface area (Å²) in [4.78, 5) is 23.6. The number of hydrogen-bond acceptors (Lipinski definition) is 4. The predicted octanol–water partition coefficient (Wildman–Crippen LogP) is 3.39. The van der Waals surface area contributed by atoms with Crippen LogP contribution in [0.5, 0.6) is 5.75 Å². The second kappa shape index (κ2) is 8.39. The Kier molecular flexibility index (Phi) is 5.93. The van der Waals surface area contributed by atoms with E-state index < -0.39 is 36.6 Å². The molecule has 10 heteroatoms. The highest BCUT2D eigenvalue weighted by Gasteiger charge is 2.31. The van der Waals surface area contributed by atoms with Crippen LogP contribution >= 0.6 is 11.6 Å². The minimum Gasteiger partial charge on any atom is -0.435 e. The first-order valence-electron chi connectivity index (χ1n) is 8.08. The molecule has 2 atom stereocenters. The second-order valence-corrected chi connectivity index (χ2v) is 6.24. The van der Waals surface area contributed by atoms with E-state index in [1.807, 2.05) is 0 Å². The van der Waals surface area contributed by atoms with E-state index in [2.05, 4.69) is 15.4 Å². The number of amides is 2. The molecule has 1 heterocycles. The van der Waals surface area contributed by atoms with Gasteiger partial charge in [-0.25, -0.2) is 9.18 Å². The van der Waals surface area contributed by atoms with E-state index in [-0.39, 0.29) is 17.3 Å². The summed E-state index contributed by atoms with van der Waals surface area (Å²) < 4.78 is 47.3. The van der Waals surface area contributed by atoms with E-state index in [0.29, 0.717) is 11.1 Å². The van der Waals surface area contributed by atoms with Crippen LogP contribution in [0, 0.1) is 5.82 Å². The molecule has 0 aromatic heterocycles. The summed E-state index contributed by atoms with van der Waals surface area (Å²) in [5.41, 5.74) is 0.939. The first-order valence-corrected chi connectivity index (χ1v) is 8.46. The SMILES string of the molecule is O=C1NCC(C(=O)N[C@@H](c2ccc(OC(F)F)cc2)c2ccc(F)c(Cl)c2)O1. The zero-order chi connectivity index (χ0) is 20.3. The Morgan fingerprint density at radius 2 is 1.89 bits per heavy atom. The number of nitrogens with one attached hydrogen (secondary N) is 2. The number of benzene rings is 2. The maximum Gasteiger partial charge on any atom is 0.408 e. The van der Waals surface area contributed by atoms with Crippen molar-refractivity contribution in [2.75, 3.05) is 6.54 Å². The molecule has 0 saturated carbocycles. The first kappa shape index (κ1) is 19.8. The highest BCUT2D eigenvalue weighted by Crippen LogP contribution is 2.28. The summed E-state index contributed by atoms with van der Waals surface area (Å²) in [7, 11) is 0. The van der Waals surface area contributed by atoms with Gasteiger partial charge in [-0.3, -0.25) is 4.79 Å². The third kappa shape index (κ3) is 4.66. The van der Waals surface area contributed by atoms with Crippen LogP contribution in [-0.4, -0.2) is 31.3 Å². The minimum absolute atomic E-state index is 0.00271. The van der Waals surface area contributed by atoms with Crippen molar-refractivity contribution < 1.29 is 32.2 Å². The molecule has 0 radical (unpaired) electrons. The monoisotopic (exact) mass is 414 g/mol. The summed E-state index contributed by atoms with van der Waals surface area (Å²) in [5, 5.41) is 4.91. The number of rotatable bonds is 6.